The predicted molar refractivity (Wildman–Crippen MR) is 251 cm³/mol. The Balaban J connectivity index is 0.934. The van der Waals surface area contributed by atoms with Crippen molar-refractivity contribution in [2.24, 2.45) is 0 Å². The van der Waals surface area contributed by atoms with Crippen LogP contribution in [0.2, 0.25) is 0 Å². The van der Waals surface area contributed by atoms with Crippen molar-refractivity contribution in [2.75, 3.05) is 0 Å². The van der Waals surface area contributed by atoms with Crippen molar-refractivity contribution >= 4 is 17.0 Å². The number of ether oxygens (including phenoxy) is 1. The molecule has 5 heteroatoms. The van der Waals surface area contributed by atoms with Crippen molar-refractivity contribution in [1.82, 2.24) is 19.5 Å². The number of nitrogens with zero attached hydrogens (tertiary/aromatic N) is 4. The quantitative estimate of drug-likeness (QED) is 0.161. The van der Waals surface area contributed by atoms with Gasteiger partial charge in [-0.3, -0.25) is 0 Å². The molecule has 0 bridgehead atoms. The second kappa shape index (κ2) is 14.8. The summed E-state index contributed by atoms with van der Waals surface area (Å²) in [6.07, 6.45) is 4.42. The third kappa shape index (κ3) is 6.22. The van der Waals surface area contributed by atoms with E-state index in [1.54, 1.807) is 0 Å². The zero-order valence-corrected chi connectivity index (χ0v) is 33.6. The van der Waals surface area contributed by atoms with E-state index in [0.29, 0.717) is 17.5 Å². The maximum absolute atomic E-state index is 6.94. The number of fused-ring (bicyclic) bond motifs is 7. The van der Waals surface area contributed by atoms with Crippen molar-refractivity contribution in [3.8, 4) is 79.0 Å². The smallest absolute Gasteiger partial charge is 0.164 e. The summed E-state index contributed by atoms with van der Waals surface area (Å²) in [5, 5.41) is 1.20. The number of aromatic nitrogens is 4. The Hall–Kier alpha value is -8.15. The van der Waals surface area contributed by atoms with Crippen LogP contribution in [0.3, 0.4) is 0 Å². The molecule has 62 heavy (non-hydrogen) atoms. The number of para-hydroxylation sites is 1. The molecule has 0 saturated carbocycles. The highest BCUT2D eigenvalue weighted by Crippen LogP contribution is 2.53. The van der Waals surface area contributed by atoms with Crippen LogP contribution in [0.1, 0.15) is 28.8 Å². The van der Waals surface area contributed by atoms with Crippen LogP contribution in [0.15, 0.2) is 212 Å². The molecule has 1 aliphatic carbocycles. The Morgan fingerprint density at radius 3 is 1.50 bits per heavy atom. The average Bonchev–Trinajstić information content (AvgIpc) is 3.90. The second-order valence-electron chi connectivity index (χ2n) is 15.9. The van der Waals surface area contributed by atoms with E-state index in [0.717, 1.165) is 56.0 Å². The first-order valence-electron chi connectivity index (χ1n) is 21.1. The summed E-state index contributed by atoms with van der Waals surface area (Å²) in [7, 11) is 0. The summed E-state index contributed by atoms with van der Waals surface area (Å²) >= 11 is 0. The fourth-order valence-electron chi connectivity index (χ4n) is 9.20. The molecule has 292 valence electrons. The van der Waals surface area contributed by atoms with Gasteiger partial charge in [-0.2, -0.15) is 0 Å². The first-order chi connectivity index (χ1) is 30.7. The molecule has 0 radical (unpaired) electrons. The Kier molecular flexibility index (Phi) is 8.56. The van der Waals surface area contributed by atoms with E-state index < -0.39 is 0 Å². The zero-order valence-electron chi connectivity index (χ0n) is 33.6. The third-order valence-corrected chi connectivity index (χ3v) is 12.3. The van der Waals surface area contributed by atoms with E-state index in [1.807, 2.05) is 12.1 Å². The van der Waals surface area contributed by atoms with Gasteiger partial charge in [0.1, 0.15) is 11.9 Å². The minimum absolute atomic E-state index is 0.0178. The van der Waals surface area contributed by atoms with E-state index in [1.165, 1.54) is 33.2 Å². The normalized spacial score (nSPS) is 14.8. The summed E-state index contributed by atoms with van der Waals surface area (Å²) in [6.45, 7) is 0. The van der Waals surface area contributed by atoms with Crippen LogP contribution in [0.4, 0.5) is 0 Å². The summed E-state index contributed by atoms with van der Waals surface area (Å²) in [5.74, 6) is 2.76. The minimum atomic E-state index is -0.181. The summed E-state index contributed by atoms with van der Waals surface area (Å²) in [4.78, 5) is 15.4. The van der Waals surface area contributed by atoms with Crippen LogP contribution >= 0.6 is 0 Å². The molecule has 2 atom stereocenters. The van der Waals surface area contributed by atoms with Gasteiger partial charge in [-0.1, -0.05) is 176 Å². The van der Waals surface area contributed by atoms with E-state index in [-0.39, 0.29) is 12.0 Å². The molecule has 5 nitrogen and oxygen atoms in total. The average molecular weight is 795 g/mol. The van der Waals surface area contributed by atoms with Crippen LogP contribution in [-0.2, 0) is 0 Å². The fraction of sp³-hybridized carbons (Fsp3) is 0.0351. The minimum Gasteiger partial charge on any atom is -0.484 e. The third-order valence-electron chi connectivity index (χ3n) is 12.3. The molecule has 0 amide bonds. The van der Waals surface area contributed by atoms with Gasteiger partial charge in [-0.25, -0.2) is 15.0 Å². The van der Waals surface area contributed by atoms with Gasteiger partial charge >= 0.3 is 0 Å². The van der Waals surface area contributed by atoms with Crippen molar-refractivity contribution in [2.45, 2.75) is 12.0 Å². The van der Waals surface area contributed by atoms with Crippen molar-refractivity contribution in [3.05, 3.63) is 229 Å². The molecule has 2 unspecified atom stereocenters. The Morgan fingerprint density at radius 2 is 0.887 bits per heavy atom. The molecular weight excluding hydrogens is 757 g/mol. The van der Waals surface area contributed by atoms with Gasteiger partial charge in [0.2, 0.25) is 0 Å². The molecule has 0 fully saturated rings. The summed E-state index contributed by atoms with van der Waals surface area (Å²) < 4.78 is 9.33. The van der Waals surface area contributed by atoms with Gasteiger partial charge in [0, 0.05) is 44.8 Å². The number of rotatable bonds is 7. The summed E-state index contributed by atoms with van der Waals surface area (Å²) in [6, 6.07) is 72.2. The molecule has 8 aromatic carbocycles. The maximum atomic E-state index is 6.94. The second-order valence-corrected chi connectivity index (χ2v) is 15.9. The first kappa shape index (κ1) is 35.8. The molecule has 0 N–H and O–H groups in total. The van der Waals surface area contributed by atoms with Crippen LogP contribution in [0, 0.1) is 0 Å². The molecule has 0 saturated heterocycles. The maximum Gasteiger partial charge on any atom is 0.164 e. The molecular formula is C57H38N4O. The van der Waals surface area contributed by atoms with Crippen LogP contribution in [0.5, 0.6) is 5.75 Å². The Morgan fingerprint density at radius 1 is 0.403 bits per heavy atom. The lowest BCUT2D eigenvalue weighted by Gasteiger charge is -2.22. The fourth-order valence-corrected chi connectivity index (χ4v) is 9.20. The lowest BCUT2D eigenvalue weighted by atomic mass is 9.85. The Labute approximate surface area is 360 Å². The van der Waals surface area contributed by atoms with E-state index in [9.17, 15) is 0 Å². The van der Waals surface area contributed by atoms with Gasteiger partial charge in [-0.15, -0.1) is 0 Å². The van der Waals surface area contributed by atoms with Gasteiger partial charge in [0.15, 0.2) is 17.5 Å². The SMILES string of the molecule is C1=CC2c3cc(-c4nc(-c5ccc(-c6ccccc6)cc5)nc(-c5ccc(-c6ccccc6)cc5)n4)ccc3OC2c2c1n(-c1cccc(-c3ccccc3)c1)c1ccccc21. The van der Waals surface area contributed by atoms with E-state index >= 15 is 0 Å². The Bertz CT molecular complexity index is 3200. The van der Waals surface area contributed by atoms with Crippen molar-refractivity contribution < 1.29 is 4.74 Å². The van der Waals surface area contributed by atoms with Crippen LogP contribution < -0.4 is 4.74 Å². The van der Waals surface area contributed by atoms with E-state index in [4.69, 9.17) is 19.7 Å². The lowest BCUT2D eigenvalue weighted by molar-refractivity contribution is 0.224. The largest absolute Gasteiger partial charge is 0.484 e. The van der Waals surface area contributed by atoms with Gasteiger partial charge < -0.3 is 9.30 Å². The molecule has 12 rings (SSSR count). The topological polar surface area (TPSA) is 52.8 Å². The van der Waals surface area contributed by atoms with Gasteiger partial charge in [0.25, 0.3) is 0 Å². The van der Waals surface area contributed by atoms with Gasteiger partial charge in [0.05, 0.1) is 11.2 Å². The van der Waals surface area contributed by atoms with Crippen molar-refractivity contribution in [3.63, 3.8) is 0 Å². The molecule has 3 heterocycles. The van der Waals surface area contributed by atoms with Crippen molar-refractivity contribution in [1.29, 1.82) is 0 Å². The highest BCUT2D eigenvalue weighted by Gasteiger charge is 2.40. The standard InChI is InChI=1S/C57H38N4O/c1-4-13-37(14-5-1)40-23-27-42(28-24-40)55-58-56(43-29-25-41(26-30-43)38-15-6-2-7-16-38)60-57(59-55)45-31-34-52-49(36-45)47-32-33-51-53(54(47)62-52)48-21-10-11-22-50(48)61(51)46-20-12-19-44(35-46)39-17-8-3-9-18-39/h1-36,47,54H. The zero-order chi connectivity index (χ0) is 41.0. The van der Waals surface area contributed by atoms with Crippen LogP contribution in [0.25, 0.3) is 90.2 Å². The monoisotopic (exact) mass is 794 g/mol. The predicted octanol–water partition coefficient (Wildman–Crippen LogP) is 14.1. The van der Waals surface area contributed by atoms with Crippen LogP contribution in [-0.4, -0.2) is 19.5 Å². The molecule has 0 spiro atoms. The number of hydrogen-bond donors (Lipinski definition) is 0. The molecule has 10 aromatic rings. The number of hydrogen-bond acceptors (Lipinski definition) is 4. The number of benzene rings is 8. The van der Waals surface area contributed by atoms with Gasteiger partial charge in [-0.05, 0) is 75.9 Å². The molecule has 2 aromatic heterocycles. The summed E-state index contributed by atoms with van der Waals surface area (Å²) in [5.41, 5.74) is 15.5. The van der Waals surface area contributed by atoms with E-state index in [2.05, 4.69) is 211 Å². The first-order valence-corrected chi connectivity index (χ1v) is 21.1. The molecule has 2 aliphatic rings. The highest BCUT2D eigenvalue weighted by atomic mass is 16.5. The lowest BCUT2D eigenvalue weighted by Crippen LogP contribution is -2.13. The highest BCUT2D eigenvalue weighted by molar-refractivity contribution is 5.92. The molecule has 1 aliphatic heterocycles.